The van der Waals surface area contributed by atoms with E-state index in [4.69, 9.17) is 9.84 Å². The van der Waals surface area contributed by atoms with E-state index in [9.17, 15) is 23.5 Å². The van der Waals surface area contributed by atoms with E-state index in [-0.39, 0.29) is 29.1 Å². The fourth-order valence-electron chi connectivity index (χ4n) is 2.97. The lowest BCUT2D eigenvalue weighted by Gasteiger charge is -2.18. The number of halogens is 3. The summed E-state index contributed by atoms with van der Waals surface area (Å²) in [6, 6.07) is 4.16. The Morgan fingerprint density at radius 1 is 1.27 bits per heavy atom. The molecule has 0 spiro atoms. The van der Waals surface area contributed by atoms with E-state index in [1.54, 1.807) is 6.07 Å². The third-order valence-corrected chi connectivity index (χ3v) is 5.10. The fourth-order valence-corrected chi connectivity index (χ4v) is 3.42. The Hall–Kier alpha value is -2.51. The molecule has 0 bridgehead atoms. The number of pyridine rings is 2. The monoisotopic (exact) mass is 533 g/mol. The van der Waals surface area contributed by atoms with Gasteiger partial charge in [-0.2, -0.15) is 4.39 Å². The first-order chi connectivity index (χ1) is 14.1. The van der Waals surface area contributed by atoms with Crippen molar-refractivity contribution in [3.8, 4) is 5.75 Å². The minimum absolute atomic E-state index is 0.0786. The number of nitrogens with zero attached hydrogens (tertiary/aromatic N) is 2. The van der Waals surface area contributed by atoms with Gasteiger partial charge in [-0.15, -0.1) is 0 Å². The second kappa shape index (κ2) is 8.70. The topological polar surface area (TPSA) is 106 Å². The number of anilines is 2. The quantitative estimate of drug-likeness (QED) is 0.416. The van der Waals surface area contributed by atoms with Gasteiger partial charge < -0.3 is 24.8 Å². The standard InChI is InChI=1S/C19H18F2IN3O5/c1-24-6-13(30-8-10(27)7-26)17(28)14-16(15(21)19(29)25(2)18(14)24)23-12-4-3-9(22)5-11(12)20/h3-6,10,23,26-27H,7-8H2,1-2H3/t10-/m0/s1. The molecule has 11 heteroatoms. The highest BCUT2D eigenvalue weighted by atomic mass is 127. The van der Waals surface area contributed by atoms with E-state index in [0.29, 0.717) is 3.57 Å². The lowest BCUT2D eigenvalue weighted by atomic mass is 10.2. The predicted molar refractivity (Wildman–Crippen MR) is 115 cm³/mol. The van der Waals surface area contributed by atoms with Crippen molar-refractivity contribution in [2.75, 3.05) is 18.5 Å². The molecule has 30 heavy (non-hydrogen) atoms. The Labute approximate surface area is 182 Å². The summed E-state index contributed by atoms with van der Waals surface area (Å²) >= 11 is 1.91. The molecule has 0 saturated carbocycles. The average molecular weight is 533 g/mol. The molecule has 0 aliphatic rings. The second-order valence-electron chi connectivity index (χ2n) is 6.58. The van der Waals surface area contributed by atoms with Crippen LogP contribution in [0.1, 0.15) is 0 Å². The maximum atomic E-state index is 14.9. The molecule has 8 nitrogen and oxygen atoms in total. The minimum Gasteiger partial charge on any atom is -0.485 e. The SMILES string of the molecule is Cn1cc(OC[C@@H](O)CO)c(=O)c2c(Nc3ccc(I)cc3F)c(F)c(=O)n(C)c21. The zero-order chi connectivity index (χ0) is 22.2. The Morgan fingerprint density at radius 2 is 1.97 bits per heavy atom. The first-order valence-electron chi connectivity index (χ1n) is 8.71. The van der Waals surface area contributed by atoms with Gasteiger partial charge in [-0.25, -0.2) is 4.39 Å². The van der Waals surface area contributed by atoms with Crippen molar-refractivity contribution in [3.05, 3.63) is 60.2 Å². The average Bonchev–Trinajstić information content (AvgIpc) is 2.71. The van der Waals surface area contributed by atoms with E-state index in [1.807, 2.05) is 22.6 Å². The van der Waals surface area contributed by atoms with Crippen LogP contribution < -0.4 is 21.0 Å². The van der Waals surface area contributed by atoms with E-state index < -0.39 is 41.0 Å². The molecule has 2 heterocycles. The lowest BCUT2D eigenvalue weighted by molar-refractivity contribution is 0.0531. The van der Waals surface area contributed by atoms with Crippen LogP contribution in [0.25, 0.3) is 11.0 Å². The van der Waals surface area contributed by atoms with E-state index >= 15 is 0 Å². The zero-order valence-electron chi connectivity index (χ0n) is 15.9. The largest absolute Gasteiger partial charge is 0.485 e. The molecule has 2 aromatic heterocycles. The fraction of sp³-hybridized carbons (Fsp3) is 0.263. The molecule has 160 valence electrons. The first-order valence-corrected chi connectivity index (χ1v) is 9.79. The summed E-state index contributed by atoms with van der Waals surface area (Å²) in [4.78, 5) is 25.4. The molecular weight excluding hydrogens is 515 g/mol. The number of rotatable bonds is 6. The molecule has 0 fully saturated rings. The maximum absolute atomic E-state index is 14.9. The predicted octanol–water partition coefficient (Wildman–Crippen LogP) is 1.60. The van der Waals surface area contributed by atoms with Crippen LogP contribution in [0.15, 0.2) is 34.0 Å². The number of benzene rings is 1. The summed E-state index contributed by atoms with van der Waals surface area (Å²) in [5.41, 5.74) is -2.30. The van der Waals surface area contributed by atoms with Gasteiger partial charge in [0.05, 0.1) is 29.6 Å². The Balaban J connectivity index is 2.28. The lowest BCUT2D eigenvalue weighted by Crippen LogP contribution is -2.28. The van der Waals surface area contributed by atoms with Gasteiger partial charge in [0.25, 0.3) is 5.56 Å². The molecule has 3 rings (SSSR count). The number of hydrogen-bond donors (Lipinski definition) is 3. The van der Waals surface area contributed by atoms with Crippen LogP contribution in [0.4, 0.5) is 20.2 Å². The molecule has 0 aliphatic heterocycles. The summed E-state index contributed by atoms with van der Waals surface area (Å²) in [6.45, 7) is -0.948. The molecule has 0 saturated heterocycles. The third kappa shape index (κ3) is 4.04. The van der Waals surface area contributed by atoms with Gasteiger partial charge >= 0.3 is 0 Å². The van der Waals surface area contributed by atoms with E-state index in [0.717, 1.165) is 4.57 Å². The number of aromatic nitrogens is 2. The van der Waals surface area contributed by atoms with Crippen LogP contribution in [0, 0.1) is 15.2 Å². The van der Waals surface area contributed by atoms with Gasteiger partial charge in [-0.1, -0.05) is 0 Å². The van der Waals surface area contributed by atoms with Gasteiger partial charge in [0, 0.05) is 17.7 Å². The summed E-state index contributed by atoms with van der Waals surface area (Å²) in [6.07, 6.45) is 0.0576. The van der Waals surface area contributed by atoms with Crippen LogP contribution >= 0.6 is 22.6 Å². The summed E-state index contributed by atoms with van der Waals surface area (Å²) in [7, 11) is 2.82. The van der Waals surface area contributed by atoms with Crippen molar-refractivity contribution in [2.24, 2.45) is 14.1 Å². The highest BCUT2D eigenvalue weighted by molar-refractivity contribution is 14.1. The van der Waals surface area contributed by atoms with E-state index in [2.05, 4.69) is 5.32 Å². The molecule has 0 aliphatic carbocycles. The Kier molecular flexibility index (Phi) is 6.43. The van der Waals surface area contributed by atoms with Gasteiger partial charge in [0.2, 0.25) is 11.2 Å². The summed E-state index contributed by atoms with van der Waals surface area (Å²) in [5, 5.41) is 20.7. The number of aryl methyl sites for hydroxylation is 2. The number of fused-ring (bicyclic) bond motifs is 1. The number of hydrogen-bond acceptors (Lipinski definition) is 6. The highest BCUT2D eigenvalue weighted by Crippen LogP contribution is 2.28. The molecule has 0 unspecified atom stereocenters. The minimum atomic E-state index is -1.26. The summed E-state index contributed by atoms with van der Waals surface area (Å²) < 4.78 is 37.5. The van der Waals surface area contributed by atoms with Crippen LogP contribution in [0.5, 0.6) is 5.75 Å². The molecular formula is C19H18F2IN3O5. The number of ether oxygens (including phenoxy) is 1. The second-order valence-corrected chi connectivity index (χ2v) is 7.83. The van der Waals surface area contributed by atoms with Crippen molar-refractivity contribution in [1.29, 1.82) is 0 Å². The first kappa shape index (κ1) is 22.2. The van der Waals surface area contributed by atoms with Crippen molar-refractivity contribution < 1.29 is 23.7 Å². The molecule has 1 atom stereocenters. The third-order valence-electron chi connectivity index (χ3n) is 4.43. The van der Waals surface area contributed by atoms with Gasteiger partial charge in [0.15, 0.2) is 5.75 Å². The van der Waals surface area contributed by atoms with Crippen LogP contribution in [0.2, 0.25) is 0 Å². The van der Waals surface area contributed by atoms with Crippen LogP contribution in [0.3, 0.4) is 0 Å². The normalized spacial score (nSPS) is 12.2. The van der Waals surface area contributed by atoms with E-state index in [1.165, 1.54) is 37.0 Å². The zero-order valence-corrected chi connectivity index (χ0v) is 18.1. The van der Waals surface area contributed by atoms with Gasteiger partial charge in [-0.05, 0) is 40.8 Å². The highest BCUT2D eigenvalue weighted by Gasteiger charge is 2.23. The van der Waals surface area contributed by atoms with Gasteiger partial charge in [0.1, 0.15) is 24.2 Å². The Bertz CT molecular complexity index is 1240. The Morgan fingerprint density at radius 3 is 2.60 bits per heavy atom. The molecule has 3 aromatic rings. The van der Waals surface area contributed by atoms with Gasteiger partial charge in [-0.3, -0.25) is 14.2 Å². The number of aliphatic hydroxyl groups is 2. The molecule has 3 N–H and O–H groups in total. The number of aliphatic hydroxyl groups excluding tert-OH is 2. The van der Waals surface area contributed by atoms with Crippen LogP contribution in [-0.2, 0) is 14.1 Å². The molecule has 0 radical (unpaired) electrons. The maximum Gasteiger partial charge on any atom is 0.290 e. The molecule has 0 amide bonds. The molecule has 1 aromatic carbocycles. The van der Waals surface area contributed by atoms with Crippen molar-refractivity contribution in [3.63, 3.8) is 0 Å². The smallest absolute Gasteiger partial charge is 0.290 e. The van der Waals surface area contributed by atoms with Crippen molar-refractivity contribution >= 4 is 45.0 Å². The number of nitrogens with one attached hydrogen (secondary N) is 1. The summed E-state index contributed by atoms with van der Waals surface area (Å²) in [5.74, 6) is -2.18. The van der Waals surface area contributed by atoms with Crippen molar-refractivity contribution in [2.45, 2.75) is 6.10 Å². The van der Waals surface area contributed by atoms with Crippen LogP contribution in [-0.4, -0.2) is 38.7 Å². The van der Waals surface area contributed by atoms with Crippen molar-refractivity contribution in [1.82, 2.24) is 9.13 Å².